The van der Waals surface area contributed by atoms with Crippen LogP contribution in [0.3, 0.4) is 0 Å². The summed E-state index contributed by atoms with van der Waals surface area (Å²) in [7, 11) is 0. The van der Waals surface area contributed by atoms with Crippen molar-refractivity contribution in [2.45, 2.75) is 62.9 Å². The fourth-order valence-electron chi connectivity index (χ4n) is 5.10. The van der Waals surface area contributed by atoms with E-state index in [4.69, 9.17) is 0 Å². The number of H-pyrrole nitrogens is 1. The molecule has 2 aliphatic rings. The van der Waals surface area contributed by atoms with Gasteiger partial charge in [-0.25, -0.2) is 0 Å². The van der Waals surface area contributed by atoms with Crippen LogP contribution in [0.4, 0.5) is 0 Å². The molecule has 1 N–H and O–H groups in total. The highest BCUT2D eigenvalue weighted by atomic mass is 35.5. The molecule has 146 valence electrons. The van der Waals surface area contributed by atoms with Crippen molar-refractivity contribution in [3.05, 3.63) is 29.3 Å². The largest absolute Gasteiger partial charge is 0.349 e. The Hall–Kier alpha value is -1.15. The number of piperidine rings is 1. The molecule has 0 bridgehead atoms. The molecule has 0 amide bonds. The maximum Gasteiger partial charge on any atom is 0.0765 e. The monoisotopic (exact) mass is 403 g/mol. The van der Waals surface area contributed by atoms with Gasteiger partial charge in [-0.3, -0.25) is 4.90 Å². The molecule has 0 spiro atoms. The van der Waals surface area contributed by atoms with E-state index in [2.05, 4.69) is 48.0 Å². The van der Waals surface area contributed by atoms with E-state index in [1.54, 1.807) is 5.56 Å². The molecule has 3 nitrogen and oxygen atoms in total. The number of nitriles is 1. The Kier molecular flexibility index (Phi) is 6.78. The molecule has 3 atom stereocenters. The number of aromatic amines is 1. The molecule has 1 aliphatic carbocycles. The zero-order valence-electron chi connectivity index (χ0n) is 16.3. The molecule has 0 saturated carbocycles. The number of nitrogens with zero attached hydrogens (tertiary/aromatic N) is 2. The summed E-state index contributed by atoms with van der Waals surface area (Å²) in [5.41, 5.74) is 4.38. The summed E-state index contributed by atoms with van der Waals surface area (Å²) in [5, 5.41) is 12.1. The maximum absolute atomic E-state index is 9.25. The zero-order valence-corrected chi connectivity index (χ0v) is 18.0. The van der Waals surface area contributed by atoms with Gasteiger partial charge in [-0.15, -0.1) is 24.2 Å². The van der Waals surface area contributed by atoms with Crippen LogP contribution in [0, 0.1) is 17.2 Å². The van der Waals surface area contributed by atoms with Crippen LogP contribution >= 0.6 is 24.2 Å². The first-order chi connectivity index (χ1) is 12.8. The van der Waals surface area contributed by atoms with E-state index in [9.17, 15) is 5.26 Å². The highest BCUT2D eigenvalue weighted by molar-refractivity contribution is 7.99. The van der Waals surface area contributed by atoms with Gasteiger partial charge in [-0.05, 0) is 61.1 Å². The van der Waals surface area contributed by atoms with E-state index in [1.807, 2.05) is 11.8 Å². The van der Waals surface area contributed by atoms with Crippen LogP contribution in [-0.2, 0) is 6.42 Å². The van der Waals surface area contributed by atoms with Gasteiger partial charge in [-0.2, -0.15) is 5.26 Å². The minimum atomic E-state index is 0. The summed E-state index contributed by atoms with van der Waals surface area (Å²) in [6, 6.07) is 9.83. The number of rotatable bonds is 6. The first-order valence-corrected chi connectivity index (χ1v) is 11.1. The Morgan fingerprint density at radius 3 is 2.89 bits per heavy atom. The summed E-state index contributed by atoms with van der Waals surface area (Å²) in [4.78, 5) is 6.41. The molecule has 2 aromatic rings. The lowest BCUT2D eigenvalue weighted by Crippen LogP contribution is -2.50. The fraction of sp³-hybridized carbons (Fsp3) is 0.591. The van der Waals surface area contributed by atoms with Gasteiger partial charge < -0.3 is 4.98 Å². The van der Waals surface area contributed by atoms with Crippen LogP contribution in [0.25, 0.3) is 10.9 Å². The SMILES string of the molecule is CCCSc1[nH]c2cccc3c2c1C[C@@H]1[C@@H]3C[C@@H](CC#N)CN1CCC.Cl. The van der Waals surface area contributed by atoms with Gasteiger partial charge in [0.15, 0.2) is 0 Å². The fourth-order valence-corrected chi connectivity index (χ4v) is 6.05. The predicted octanol–water partition coefficient (Wildman–Crippen LogP) is 5.75. The number of halogens is 1. The van der Waals surface area contributed by atoms with Crippen molar-refractivity contribution in [2.24, 2.45) is 5.92 Å². The average Bonchev–Trinajstić information content (AvgIpc) is 3.00. The third-order valence-electron chi connectivity index (χ3n) is 6.09. The van der Waals surface area contributed by atoms with Gasteiger partial charge in [0.1, 0.15) is 0 Å². The van der Waals surface area contributed by atoms with Crippen LogP contribution < -0.4 is 0 Å². The van der Waals surface area contributed by atoms with Crippen molar-refractivity contribution < 1.29 is 0 Å². The Labute approximate surface area is 173 Å². The minimum absolute atomic E-state index is 0. The van der Waals surface area contributed by atoms with Crippen molar-refractivity contribution in [1.29, 1.82) is 5.26 Å². The Bertz CT molecular complexity index is 825. The van der Waals surface area contributed by atoms with E-state index in [0.717, 1.165) is 19.5 Å². The second-order valence-electron chi connectivity index (χ2n) is 7.89. The number of likely N-dealkylation sites (tertiary alicyclic amines) is 1. The molecule has 0 unspecified atom stereocenters. The maximum atomic E-state index is 9.25. The Morgan fingerprint density at radius 1 is 1.30 bits per heavy atom. The normalized spacial score (nSPS) is 24.3. The van der Waals surface area contributed by atoms with Crippen LogP contribution in [0.1, 0.15) is 56.6 Å². The lowest BCUT2D eigenvalue weighted by Gasteiger charge is -2.47. The number of benzene rings is 1. The van der Waals surface area contributed by atoms with Gasteiger partial charge in [0.05, 0.1) is 11.1 Å². The number of hydrogen-bond donors (Lipinski definition) is 1. The Balaban J connectivity index is 0.00000210. The summed E-state index contributed by atoms with van der Waals surface area (Å²) in [6.45, 7) is 6.77. The molecule has 1 saturated heterocycles. The smallest absolute Gasteiger partial charge is 0.0765 e. The predicted molar refractivity (Wildman–Crippen MR) is 117 cm³/mol. The lowest BCUT2D eigenvalue weighted by molar-refractivity contribution is 0.0857. The van der Waals surface area contributed by atoms with Gasteiger partial charge >= 0.3 is 0 Å². The van der Waals surface area contributed by atoms with Gasteiger partial charge in [0, 0.05) is 35.8 Å². The van der Waals surface area contributed by atoms with Crippen LogP contribution in [0.15, 0.2) is 23.2 Å². The number of thioether (sulfide) groups is 1. The van der Waals surface area contributed by atoms with Crippen molar-refractivity contribution in [1.82, 2.24) is 9.88 Å². The molecule has 0 radical (unpaired) electrons. The minimum Gasteiger partial charge on any atom is -0.349 e. The van der Waals surface area contributed by atoms with E-state index >= 15 is 0 Å². The van der Waals surface area contributed by atoms with E-state index in [1.165, 1.54) is 46.5 Å². The van der Waals surface area contributed by atoms with Crippen LogP contribution in [0.2, 0.25) is 0 Å². The molecule has 1 fully saturated rings. The summed E-state index contributed by atoms with van der Waals surface area (Å²) >= 11 is 1.99. The second kappa shape index (κ2) is 8.90. The third-order valence-corrected chi connectivity index (χ3v) is 7.34. The summed E-state index contributed by atoms with van der Waals surface area (Å²) in [5.74, 6) is 2.26. The number of hydrogen-bond acceptors (Lipinski definition) is 3. The highest BCUT2D eigenvalue weighted by Crippen LogP contribution is 2.47. The van der Waals surface area contributed by atoms with Gasteiger partial charge in [0.2, 0.25) is 0 Å². The first-order valence-electron chi connectivity index (χ1n) is 10.1. The molecule has 2 heterocycles. The zero-order chi connectivity index (χ0) is 18.1. The van der Waals surface area contributed by atoms with Gasteiger partial charge in [-0.1, -0.05) is 26.0 Å². The van der Waals surface area contributed by atoms with Crippen molar-refractivity contribution in [2.75, 3.05) is 18.8 Å². The van der Waals surface area contributed by atoms with Crippen LogP contribution in [0.5, 0.6) is 0 Å². The number of aromatic nitrogens is 1. The average molecular weight is 404 g/mol. The molecule has 1 aromatic carbocycles. The van der Waals surface area contributed by atoms with Gasteiger partial charge in [0.25, 0.3) is 0 Å². The summed E-state index contributed by atoms with van der Waals surface area (Å²) in [6.07, 6.45) is 5.41. The van der Waals surface area contributed by atoms with Crippen LogP contribution in [-0.4, -0.2) is 34.8 Å². The molecule has 5 heteroatoms. The lowest BCUT2D eigenvalue weighted by atomic mass is 9.71. The molecule has 1 aromatic heterocycles. The quantitative estimate of drug-likeness (QED) is 0.624. The molecular formula is C22H30ClN3S. The van der Waals surface area contributed by atoms with E-state index in [-0.39, 0.29) is 12.4 Å². The van der Waals surface area contributed by atoms with E-state index in [0.29, 0.717) is 24.3 Å². The molecule has 1 aliphatic heterocycles. The number of fused-ring (bicyclic) bond motifs is 2. The topological polar surface area (TPSA) is 42.8 Å². The molecule has 4 rings (SSSR count). The standard InChI is InChI=1S/C22H29N3S.ClH/c1-3-10-25-14-15(8-9-23)12-17-16-6-5-7-19-21(16)18(13-20(17)25)22(24-19)26-11-4-2;/h5-7,15,17,20,24H,3-4,8,10-14H2,1-2H3;1H/t15-,17-,20-;/m1./s1. The van der Waals surface area contributed by atoms with Crippen molar-refractivity contribution >= 4 is 35.1 Å². The molecule has 27 heavy (non-hydrogen) atoms. The summed E-state index contributed by atoms with van der Waals surface area (Å²) < 4.78 is 0. The first kappa shape index (κ1) is 20.6. The van der Waals surface area contributed by atoms with Crippen molar-refractivity contribution in [3.8, 4) is 6.07 Å². The second-order valence-corrected chi connectivity index (χ2v) is 8.99. The molecular weight excluding hydrogens is 374 g/mol. The van der Waals surface area contributed by atoms with Crippen molar-refractivity contribution in [3.63, 3.8) is 0 Å². The van der Waals surface area contributed by atoms with E-state index < -0.39 is 0 Å². The Morgan fingerprint density at radius 2 is 2.15 bits per heavy atom. The third kappa shape index (κ3) is 3.75. The highest BCUT2D eigenvalue weighted by Gasteiger charge is 2.41. The number of nitrogens with one attached hydrogen (secondary N) is 1.